The average molecular weight is 660 g/mol. The highest BCUT2D eigenvalue weighted by molar-refractivity contribution is 6.38. The summed E-state index contributed by atoms with van der Waals surface area (Å²) in [5.74, 6) is -0.0592. The average Bonchev–Trinajstić information content (AvgIpc) is 3.07. The van der Waals surface area contributed by atoms with Crippen LogP contribution in [0.1, 0.15) is 48.9 Å². The molecule has 0 bridgehead atoms. The minimum absolute atomic E-state index is 0.0648. The number of nitrogens with one attached hydrogen (secondary N) is 2. The maximum Gasteiger partial charge on any atom is 0.246 e. The molecule has 1 saturated carbocycles. The smallest absolute Gasteiger partial charge is 0.246 e. The number of pyridine rings is 1. The van der Waals surface area contributed by atoms with E-state index >= 15 is 0 Å². The Hall–Kier alpha value is -4.40. The topological polar surface area (TPSA) is 101 Å². The number of carbonyl (C=O) groups excluding carboxylic acids is 3. The number of hydrogen-bond donors (Lipinski definition) is 2. The summed E-state index contributed by atoms with van der Waals surface area (Å²) in [6.45, 7) is 1.74. The van der Waals surface area contributed by atoms with Crippen molar-refractivity contribution in [2.75, 3.05) is 23.8 Å². The fraction of sp³-hybridized carbons (Fsp3) is 0.278. The summed E-state index contributed by atoms with van der Waals surface area (Å²) in [7, 11) is 1.58. The van der Waals surface area contributed by atoms with Gasteiger partial charge in [-0.05, 0) is 67.8 Å². The number of fused-ring (bicyclic) bond motifs is 1. The van der Waals surface area contributed by atoms with Crippen molar-refractivity contribution in [3.63, 3.8) is 0 Å². The van der Waals surface area contributed by atoms with Crippen LogP contribution in [-0.2, 0) is 21.0 Å². The van der Waals surface area contributed by atoms with Gasteiger partial charge in [-0.2, -0.15) is 0 Å². The molecule has 0 aliphatic heterocycles. The fourth-order valence-corrected chi connectivity index (χ4v) is 6.00. The van der Waals surface area contributed by atoms with Gasteiger partial charge in [-0.15, -0.1) is 0 Å². The zero-order valence-electron chi connectivity index (χ0n) is 25.8. The molecule has 2 N–H and O–H groups in total. The molecule has 4 aromatic rings. The zero-order chi connectivity index (χ0) is 32.6. The van der Waals surface area contributed by atoms with E-state index in [4.69, 9.17) is 27.9 Å². The Balaban J connectivity index is 1.14. The molecule has 0 atom stereocenters. The van der Waals surface area contributed by atoms with Crippen LogP contribution in [0.5, 0.6) is 5.75 Å². The van der Waals surface area contributed by atoms with Crippen molar-refractivity contribution in [3.05, 3.63) is 99.7 Å². The molecule has 10 heteroatoms. The molecule has 1 aliphatic carbocycles. The summed E-state index contributed by atoms with van der Waals surface area (Å²) in [6, 6.07) is 20.2. The number of para-hydroxylation sites is 1. The molecule has 46 heavy (non-hydrogen) atoms. The summed E-state index contributed by atoms with van der Waals surface area (Å²) in [4.78, 5) is 43.9. The molecule has 5 rings (SSSR count). The largest absolute Gasteiger partial charge is 0.487 e. The number of nitrogens with zero attached hydrogens (tertiary/aromatic N) is 2. The number of amides is 3. The summed E-state index contributed by atoms with van der Waals surface area (Å²) in [6.07, 6.45) is 8.27. The first-order valence-electron chi connectivity index (χ1n) is 15.3. The van der Waals surface area contributed by atoms with Gasteiger partial charge in [0, 0.05) is 46.4 Å². The van der Waals surface area contributed by atoms with E-state index in [2.05, 4.69) is 15.6 Å². The number of hydrogen-bond acceptors (Lipinski definition) is 5. The molecule has 0 saturated heterocycles. The Bertz CT molecular complexity index is 1770. The first-order valence-corrected chi connectivity index (χ1v) is 16.0. The number of likely N-dealkylation sites (N-methyl/N-ethyl adjacent to an activating group) is 1. The van der Waals surface area contributed by atoms with Crippen LogP contribution < -0.4 is 20.3 Å². The van der Waals surface area contributed by atoms with Gasteiger partial charge in [0.15, 0.2) is 0 Å². The van der Waals surface area contributed by atoms with Gasteiger partial charge in [0.05, 0.1) is 17.3 Å². The van der Waals surface area contributed by atoms with Crippen LogP contribution in [0.4, 0.5) is 11.4 Å². The van der Waals surface area contributed by atoms with E-state index in [0.717, 1.165) is 53.5 Å². The third kappa shape index (κ3) is 8.24. The van der Waals surface area contributed by atoms with Crippen molar-refractivity contribution in [2.45, 2.75) is 45.6 Å². The second-order valence-electron chi connectivity index (χ2n) is 11.4. The number of benzene rings is 3. The first kappa shape index (κ1) is 33.0. The van der Waals surface area contributed by atoms with E-state index in [-0.39, 0.29) is 35.9 Å². The predicted octanol–water partition coefficient (Wildman–Crippen LogP) is 7.74. The molecule has 1 heterocycles. The van der Waals surface area contributed by atoms with E-state index in [9.17, 15) is 14.4 Å². The normalized spacial score (nSPS) is 13.5. The number of aryl methyl sites for hydroxylation is 1. The van der Waals surface area contributed by atoms with Crippen LogP contribution >= 0.6 is 23.2 Å². The summed E-state index contributed by atoms with van der Waals surface area (Å²) in [5, 5.41) is 7.22. The monoisotopic (exact) mass is 658 g/mol. The third-order valence-electron chi connectivity index (χ3n) is 8.09. The highest BCUT2D eigenvalue weighted by Gasteiger charge is 2.21. The van der Waals surface area contributed by atoms with E-state index in [1.165, 1.54) is 17.4 Å². The molecular weight excluding hydrogens is 623 g/mol. The quantitative estimate of drug-likeness (QED) is 0.170. The molecule has 0 spiro atoms. The van der Waals surface area contributed by atoms with Crippen LogP contribution in [0.2, 0.25) is 10.0 Å². The van der Waals surface area contributed by atoms with Crippen molar-refractivity contribution in [1.29, 1.82) is 0 Å². The molecule has 1 aliphatic rings. The van der Waals surface area contributed by atoms with E-state index < -0.39 is 5.91 Å². The Morgan fingerprint density at radius 1 is 0.978 bits per heavy atom. The number of anilines is 2. The van der Waals surface area contributed by atoms with Gasteiger partial charge in [-0.25, -0.2) is 4.98 Å². The summed E-state index contributed by atoms with van der Waals surface area (Å²) >= 11 is 13.2. The lowest BCUT2D eigenvalue weighted by atomic mass is 9.88. The van der Waals surface area contributed by atoms with E-state index in [0.29, 0.717) is 22.0 Å². The van der Waals surface area contributed by atoms with Crippen LogP contribution in [0.15, 0.2) is 72.8 Å². The van der Waals surface area contributed by atoms with E-state index in [1.807, 2.05) is 61.5 Å². The third-order valence-corrected chi connectivity index (χ3v) is 8.87. The molecule has 238 valence electrons. The molecule has 3 amide bonds. The van der Waals surface area contributed by atoms with Gasteiger partial charge in [0.2, 0.25) is 17.7 Å². The minimum atomic E-state index is -0.424. The predicted molar refractivity (Wildman–Crippen MR) is 184 cm³/mol. The van der Waals surface area contributed by atoms with Crippen molar-refractivity contribution >= 4 is 69.3 Å². The number of ether oxygens (including phenoxy) is 1. The standard InChI is InChI=1S/C36H36Cl2N4O4/c1-23-11-15-25-9-6-10-31(35(25)40-23)46-22-28-29(37)18-19-30(34(28)38)42(2)33(44)21-39-32(43)20-14-24-12-16-27(17-13-24)41-36(45)26-7-4-3-5-8-26/h6,9-20,26H,3-5,7-8,21-22H2,1-2H3,(H,39,43)(H,41,45). The molecule has 3 aromatic carbocycles. The summed E-state index contributed by atoms with van der Waals surface area (Å²) in [5.41, 5.74) is 4.07. The van der Waals surface area contributed by atoms with E-state index in [1.54, 1.807) is 25.3 Å². The van der Waals surface area contributed by atoms with Crippen molar-refractivity contribution in [3.8, 4) is 5.75 Å². The molecule has 1 fully saturated rings. The van der Waals surface area contributed by atoms with Crippen LogP contribution in [0.25, 0.3) is 17.0 Å². The first-order chi connectivity index (χ1) is 22.2. The van der Waals surface area contributed by atoms with Gasteiger partial charge in [0.25, 0.3) is 0 Å². The zero-order valence-corrected chi connectivity index (χ0v) is 27.3. The van der Waals surface area contributed by atoms with Crippen molar-refractivity contribution in [1.82, 2.24) is 10.3 Å². The minimum Gasteiger partial charge on any atom is -0.487 e. The second-order valence-corrected chi connectivity index (χ2v) is 12.2. The fourth-order valence-electron chi connectivity index (χ4n) is 5.39. The highest BCUT2D eigenvalue weighted by atomic mass is 35.5. The molecule has 0 unspecified atom stereocenters. The Morgan fingerprint density at radius 2 is 1.74 bits per heavy atom. The van der Waals surface area contributed by atoms with Crippen molar-refractivity contribution < 1.29 is 19.1 Å². The number of rotatable bonds is 10. The van der Waals surface area contributed by atoms with Crippen LogP contribution in [-0.4, -0.2) is 36.3 Å². The van der Waals surface area contributed by atoms with Crippen molar-refractivity contribution in [2.24, 2.45) is 5.92 Å². The Labute approximate surface area is 278 Å². The van der Waals surface area contributed by atoms with Gasteiger partial charge >= 0.3 is 0 Å². The van der Waals surface area contributed by atoms with Crippen LogP contribution in [0.3, 0.4) is 0 Å². The van der Waals surface area contributed by atoms with Gasteiger partial charge in [-0.3, -0.25) is 14.4 Å². The SMILES string of the molecule is Cc1ccc2cccc(OCc3c(Cl)ccc(N(C)C(=O)CNC(=O)C=Cc4ccc(NC(=O)C5CCCCC5)cc4)c3Cl)c2n1. The Kier molecular flexibility index (Phi) is 10.9. The van der Waals surface area contributed by atoms with Gasteiger partial charge < -0.3 is 20.3 Å². The second kappa shape index (κ2) is 15.3. The Morgan fingerprint density at radius 3 is 2.50 bits per heavy atom. The number of halogens is 2. The number of aromatic nitrogens is 1. The molecule has 8 nitrogen and oxygen atoms in total. The lowest BCUT2D eigenvalue weighted by molar-refractivity contribution is -0.122. The maximum absolute atomic E-state index is 13.0. The van der Waals surface area contributed by atoms with Gasteiger partial charge in [0.1, 0.15) is 17.9 Å². The lowest BCUT2D eigenvalue weighted by Gasteiger charge is -2.21. The molecule has 0 radical (unpaired) electrons. The maximum atomic E-state index is 13.0. The van der Waals surface area contributed by atoms with Crippen LogP contribution in [0, 0.1) is 12.8 Å². The van der Waals surface area contributed by atoms with Gasteiger partial charge in [-0.1, -0.05) is 72.8 Å². The number of carbonyl (C=O) groups is 3. The lowest BCUT2D eigenvalue weighted by Crippen LogP contribution is -2.37. The summed E-state index contributed by atoms with van der Waals surface area (Å²) < 4.78 is 6.09. The molecule has 1 aromatic heterocycles. The molecular formula is C36H36Cl2N4O4. The highest BCUT2D eigenvalue weighted by Crippen LogP contribution is 2.35.